The number of carbonyl (C=O) groups is 1. The fourth-order valence-corrected chi connectivity index (χ4v) is 3.31. The van der Waals surface area contributed by atoms with Crippen LogP contribution in [0.3, 0.4) is 0 Å². The Morgan fingerprint density at radius 1 is 1.27 bits per heavy atom. The summed E-state index contributed by atoms with van der Waals surface area (Å²) in [6, 6.07) is 9.64. The van der Waals surface area contributed by atoms with Crippen molar-refractivity contribution in [3.63, 3.8) is 0 Å². The van der Waals surface area contributed by atoms with E-state index in [2.05, 4.69) is 25.2 Å². The topological polar surface area (TPSA) is 83.1 Å². The molecule has 1 aliphatic rings. The highest BCUT2D eigenvalue weighted by molar-refractivity contribution is 5.95. The lowest BCUT2D eigenvalue weighted by Gasteiger charge is -2.31. The highest BCUT2D eigenvalue weighted by Crippen LogP contribution is 2.24. The monoisotopic (exact) mass is 351 g/mol. The van der Waals surface area contributed by atoms with E-state index >= 15 is 0 Å². The van der Waals surface area contributed by atoms with Gasteiger partial charge in [-0.05, 0) is 36.4 Å². The van der Waals surface area contributed by atoms with Crippen LogP contribution < -0.4 is 15.0 Å². The third-order valence-corrected chi connectivity index (χ3v) is 4.80. The molecule has 1 saturated heterocycles. The van der Waals surface area contributed by atoms with Crippen molar-refractivity contribution in [2.24, 2.45) is 5.92 Å². The lowest BCUT2D eigenvalue weighted by Crippen LogP contribution is -2.39. The number of fused-ring (bicyclic) bond motifs is 1. The van der Waals surface area contributed by atoms with Gasteiger partial charge < -0.3 is 19.9 Å². The molecule has 1 aliphatic heterocycles. The Hall–Kier alpha value is -3.09. The number of rotatable bonds is 4. The highest BCUT2D eigenvalue weighted by atomic mass is 16.5. The summed E-state index contributed by atoms with van der Waals surface area (Å²) in [4.78, 5) is 26.5. The number of methoxy groups -OCH3 is 1. The standard InChI is InChI=1S/C19H21N5O2/c1-26-17-5-9-21-19(23-17)24-10-6-14(7-11-24)18(25)22-15-3-2-13-4-8-20-16(13)12-15/h2-5,8-9,12,14,20H,6-7,10-11H2,1H3,(H,22,25). The molecule has 0 aliphatic carbocycles. The summed E-state index contributed by atoms with van der Waals surface area (Å²) in [6.45, 7) is 1.50. The summed E-state index contributed by atoms with van der Waals surface area (Å²) in [7, 11) is 1.59. The summed E-state index contributed by atoms with van der Waals surface area (Å²) in [5.41, 5.74) is 1.84. The number of anilines is 2. The number of amides is 1. The van der Waals surface area contributed by atoms with Crippen LogP contribution in [0.25, 0.3) is 10.9 Å². The zero-order valence-corrected chi connectivity index (χ0v) is 14.6. The summed E-state index contributed by atoms with van der Waals surface area (Å²) in [5.74, 6) is 1.27. The lowest BCUT2D eigenvalue weighted by atomic mass is 9.96. The van der Waals surface area contributed by atoms with Gasteiger partial charge in [-0.1, -0.05) is 6.07 Å². The molecule has 0 radical (unpaired) electrons. The summed E-state index contributed by atoms with van der Waals surface area (Å²) in [5, 5.41) is 4.17. The fraction of sp³-hybridized carbons (Fsp3) is 0.316. The Kier molecular flexibility index (Phi) is 4.43. The van der Waals surface area contributed by atoms with E-state index < -0.39 is 0 Å². The number of aromatic nitrogens is 3. The number of benzene rings is 1. The van der Waals surface area contributed by atoms with Gasteiger partial charge in [-0.25, -0.2) is 4.98 Å². The van der Waals surface area contributed by atoms with E-state index in [1.54, 1.807) is 19.4 Å². The molecule has 0 unspecified atom stereocenters. The van der Waals surface area contributed by atoms with Gasteiger partial charge in [0, 0.05) is 48.7 Å². The number of nitrogens with zero attached hydrogens (tertiary/aromatic N) is 3. The van der Waals surface area contributed by atoms with Crippen LogP contribution in [0.1, 0.15) is 12.8 Å². The number of hydrogen-bond donors (Lipinski definition) is 2. The number of nitrogens with one attached hydrogen (secondary N) is 2. The van der Waals surface area contributed by atoms with Crippen LogP contribution in [0.15, 0.2) is 42.7 Å². The van der Waals surface area contributed by atoms with Crippen molar-refractivity contribution in [3.05, 3.63) is 42.7 Å². The molecule has 1 amide bonds. The minimum atomic E-state index is -0.00352. The van der Waals surface area contributed by atoms with E-state index in [0.717, 1.165) is 42.5 Å². The molecule has 134 valence electrons. The molecule has 1 aromatic carbocycles. The smallest absolute Gasteiger partial charge is 0.228 e. The minimum absolute atomic E-state index is 0.00352. The molecule has 7 heteroatoms. The van der Waals surface area contributed by atoms with Gasteiger partial charge in [-0.2, -0.15) is 4.98 Å². The SMILES string of the molecule is COc1ccnc(N2CCC(C(=O)Nc3ccc4cc[nH]c4c3)CC2)n1. The van der Waals surface area contributed by atoms with Crippen molar-refractivity contribution in [1.29, 1.82) is 0 Å². The first-order valence-electron chi connectivity index (χ1n) is 8.73. The van der Waals surface area contributed by atoms with Crippen LogP contribution in [-0.2, 0) is 4.79 Å². The second-order valence-electron chi connectivity index (χ2n) is 6.43. The Balaban J connectivity index is 1.37. The molecule has 3 heterocycles. The molecular weight excluding hydrogens is 330 g/mol. The maximum atomic E-state index is 12.6. The zero-order chi connectivity index (χ0) is 17.9. The van der Waals surface area contributed by atoms with Crippen LogP contribution >= 0.6 is 0 Å². The van der Waals surface area contributed by atoms with Crippen molar-refractivity contribution < 1.29 is 9.53 Å². The Morgan fingerprint density at radius 3 is 2.92 bits per heavy atom. The van der Waals surface area contributed by atoms with Crippen LogP contribution in [0.5, 0.6) is 5.88 Å². The van der Waals surface area contributed by atoms with E-state index in [1.807, 2.05) is 30.5 Å². The first-order valence-corrected chi connectivity index (χ1v) is 8.73. The summed E-state index contributed by atoms with van der Waals surface area (Å²) < 4.78 is 5.15. The van der Waals surface area contributed by atoms with Gasteiger partial charge in [-0.15, -0.1) is 0 Å². The maximum Gasteiger partial charge on any atom is 0.228 e. The van der Waals surface area contributed by atoms with Gasteiger partial charge in [0.15, 0.2) is 0 Å². The average Bonchev–Trinajstić information content (AvgIpc) is 3.16. The van der Waals surface area contributed by atoms with E-state index in [4.69, 9.17) is 4.74 Å². The quantitative estimate of drug-likeness (QED) is 0.755. The number of hydrogen-bond acceptors (Lipinski definition) is 5. The van der Waals surface area contributed by atoms with Crippen LogP contribution in [0.4, 0.5) is 11.6 Å². The van der Waals surface area contributed by atoms with Crippen molar-refractivity contribution in [1.82, 2.24) is 15.0 Å². The van der Waals surface area contributed by atoms with E-state index in [1.165, 1.54) is 0 Å². The van der Waals surface area contributed by atoms with E-state index in [0.29, 0.717) is 11.8 Å². The third kappa shape index (κ3) is 3.33. The lowest BCUT2D eigenvalue weighted by molar-refractivity contribution is -0.120. The zero-order valence-electron chi connectivity index (χ0n) is 14.6. The molecule has 0 bridgehead atoms. The second-order valence-corrected chi connectivity index (χ2v) is 6.43. The predicted molar refractivity (Wildman–Crippen MR) is 100 cm³/mol. The molecule has 26 heavy (non-hydrogen) atoms. The van der Waals surface area contributed by atoms with Gasteiger partial charge in [-0.3, -0.25) is 4.79 Å². The number of aromatic amines is 1. The molecule has 1 fully saturated rings. The van der Waals surface area contributed by atoms with Gasteiger partial charge in [0.25, 0.3) is 0 Å². The van der Waals surface area contributed by atoms with Crippen LogP contribution in [0.2, 0.25) is 0 Å². The summed E-state index contributed by atoms with van der Waals surface area (Å²) in [6.07, 6.45) is 5.14. The van der Waals surface area contributed by atoms with Crippen LogP contribution in [0, 0.1) is 5.92 Å². The van der Waals surface area contributed by atoms with Crippen LogP contribution in [-0.4, -0.2) is 41.1 Å². The first-order chi connectivity index (χ1) is 12.7. The second kappa shape index (κ2) is 7.03. The van der Waals surface area contributed by atoms with E-state index in [-0.39, 0.29) is 11.8 Å². The number of H-pyrrole nitrogens is 1. The van der Waals surface area contributed by atoms with Gasteiger partial charge in [0.1, 0.15) is 0 Å². The molecule has 0 saturated carbocycles. The Labute approximate surface area is 151 Å². The Bertz CT molecular complexity index is 915. The summed E-state index contributed by atoms with van der Waals surface area (Å²) >= 11 is 0. The van der Waals surface area contributed by atoms with Crippen molar-refractivity contribution in [2.75, 3.05) is 30.4 Å². The largest absolute Gasteiger partial charge is 0.481 e. The number of ether oxygens (including phenoxy) is 1. The van der Waals surface area contributed by atoms with Crippen molar-refractivity contribution in [3.8, 4) is 5.88 Å². The molecule has 2 N–H and O–H groups in total. The number of piperidine rings is 1. The highest BCUT2D eigenvalue weighted by Gasteiger charge is 2.26. The maximum absolute atomic E-state index is 12.6. The van der Waals surface area contributed by atoms with Crippen molar-refractivity contribution in [2.45, 2.75) is 12.8 Å². The first kappa shape index (κ1) is 16.4. The normalized spacial score (nSPS) is 15.2. The molecule has 0 spiro atoms. The van der Waals surface area contributed by atoms with Crippen molar-refractivity contribution >= 4 is 28.4 Å². The third-order valence-electron chi connectivity index (χ3n) is 4.80. The number of carbonyl (C=O) groups excluding carboxylic acids is 1. The molecular formula is C19H21N5O2. The molecule has 2 aromatic heterocycles. The molecule has 4 rings (SSSR count). The van der Waals surface area contributed by atoms with Gasteiger partial charge >= 0.3 is 0 Å². The van der Waals surface area contributed by atoms with E-state index in [9.17, 15) is 4.79 Å². The molecule has 0 atom stereocenters. The predicted octanol–water partition coefficient (Wildman–Crippen LogP) is 2.82. The van der Waals surface area contributed by atoms with Gasteiger partial charge in [0.05, 0.1) is 7.11 Å². The Morgan fingerprint density at radius 2 is 2.12 bits per heavy atom. The molecule has 7 nitrogen and oxygen atoms in total. The average molecular weight is 351 g/mol. The van der Waals surface area contributed by atoms with Gasteiger partial charge in [0.2, 0.25) is 17.7 Å². The fourth-order valence-electron chi connectivity index (χ4n) is 3.31. The molecule has 3 aromatic rings. The minimum Gasteiger partial charge on any atom is -0.481 e.